The molecule has 1 fully saturated rings. The molecule has 3 rings (SSSR count). The standard InChI is InChI=1S/C30H42N2O2.ClH.Cr/c1-19-13-21(27(33)23(15-19)29(3,4)5)17-31-25-11-9-10-12-26(25)32-18-22-14-20(2)16-24(28(22)34)30(6,7)8;;/h13-18,25-26,33-34H,9-12H2,1-8H3;1H;/p-1/t25-,26-;;/m1../s1. The van der Waals surface area contributed by atoms with Gasteiger partial charge in [0, 0.05) is 52.0 Å². The van der Waals surface area contributed by atoms with E-state index in [9.17, 15) is 10.2 Å². The molecule has 198 valence electrons. The number of rotatable bonds is 4. The molecule has 0 spiro atoms. The maximum atomic E-state index is 10.9. The Morgan fingerprint density at radius 3 is 1.33 bits per heavy atom. The number of halogens is 1. The third-order valence-corrected chi connectivity index (χ3v) is 6.69. The van der Waals surface area contributed by atoms with E-state index in [4.69, 9.17) is 9.98 Å². The maximum Gasteiger partial charge on any atom is 0.128 e. The molecule has 0 saturated heterocycles. The van der Waals surface area contributed by atoms with Crippen molar-refractivity contribution in [3.63, 3.8) is 0 Å². The van der Waals surface area contributed by atoms with Crippen molar-refractivity contribution < 1.29 is 40.0 Å². The van der Waals surface area contributed by atoms with Gasteiger partial charge in [-0.3, -0.25) is 9.98 Å². The molecular weight excluding hydrogens is 508 g/mol. The van der Waals surface area contributed by atoms with E-state index in [1.54, 1.807) is 0 Å². The first-order chi connectivity index (χ1) is 15.8. The normalized spacial score (nSPS) is 18.8. The van der Waals surface area contributed by atoms with E-state index in [-0.39, 0.29) is 52.7 Å². The first kappa shape index (κ1) is 32.2. The predicted octanol–water partition coefficient (Wildman–Crippen LogP) is 4.16. The van der Waals surface area contributed by atoms with Gasteiger partial charge in [0.2, 0.25) is 0 Å². The van der Waals surface area contributed by atoms with E-state index in [1.807, 2.05) is 24.6 Å². The van der Waals surface area contributed by atoms with E-state index in [0.717, 1.165) is 59.1 Å². The number of hydrogen-bond acceptors (Lipinski definition) is 4. The molecule has 6 heteroatoms. The molecule has 36 heavy (non-hydrogen) atoms. The summed E-state index contributed by atoms with van der Waals surface area (Å²) in [6.45, 7) is 16.8. The SMILES string of the molecule is Cc1cc(C=N[C@@H]2CCCC[C@H]2N=Cc2cc(C)cc(C(C)(C)C)c2O)c(O)c(C(C)(C)C)c1.[Cl-].[Cr]. The summed E-state index contributed by atoms with van der Waals surface area (Å²) < 4.78 is 0. The van der Waals surface area contributed by atoms with Crippen molar-refractivity contribution in [3.8, 4) is 11.5 Å². The molecule has 0 radical (unpaired) electrons. The Labute approximate surface area is 234 Å². The minimum Gasteiger partial charge on any atom is -1.00 e. The molecule has 2 atom stereocenters. The van der Waals surface area contributed by atoms with E-state index in [0.29, 0.717) is 11.5 Å². The Morgan fingerprint density at radius 1 is 0.694 bits per heavy atom. The Kier molecular flexibility index (Phi) is 11.3. The second-order valence-corrected chi connectivity index (χ2v) is 12.0. The molecule has 1 aliphatic rings. The molecule has 1 saturated carbocycles. The fourth-order valence-corrected chi connectivity index (χ4v) is 4.75. The summed E-state index contributed by atoms with van der Waals surface area (Å²) in [5, 5.41) is 21.8. The van der Waals surface area contributed by atoms with Crippen molar-refractivity contribution in [2.45, 2.75) is 104 Å². The number of aromatic hydroxyl groups is 2. The minimum atomic E-state index is -0.141. The number of nitrogens with zero attached hydrogens (tertiary/aromatic N) is 2. The number of phenols is 2. The molecule has 0 aromatic heterocycles. The first-order valence-electron chi connectivity index (χ1n) is 12.5. The van der Waals surface area contributed by atoms with Crippen LogP contribution in [0.2, 0.25) is 0 Å². The molecule has 4 nitrogen and oxygen atoms in total. The predicted molar refractivity (Wildman–Crippen MR) is 144 cm³/mol. The molecule has 1 aliphatic carbocycles. The van der Waals surface area contributed by atoms with E-state index in [1.165, 1.54) is 0 Å². The Hall–Kier alpha value is -1.80. The van der Waals surface area contributed by atoms with Gasteiger partial charge < -0.3 is 22.6 Å². The number of aryl methyl sites for hydroxylation is 2. The van der Waals surface area contributed by atoms with Crippen LogP contribution >= 0.6 is 0 Å². The summed E-state index contributed by atoms with van der Waals surface area (Å²) >= 11 is 0. The molecule has 0 bridgehead atoms. The fraction of sp³-hybridized carbons (Fsp3) is 0.533. The number of hydrogen-bond donors (Lipinski definition) is 2. The molecule has 0 aliphatic heterocycles. The van der Waals surface area contributed by atoms with Gasteiger partial charge in [-0.2, -0.15) is 0 Å². The van der Waals surface area contributed by atoms with E-state index < -0.39 is 0 Å². The van der Waals surface area contributed by atoms with Gasteiger partial charge in [0.15, 0.2) is 0 Å². The zero-order valence-corrected chi connectivity index (χ0v) is 25.1. The van der Waals surface area contributed by atoms with Gasteiger partial charge in [0.1, 0.15) is 11.5 Å². The number of phenolic OH excluding ortho intramolecular Hbond substituents is 2. The van der Waals surface area contributed by atoms with Crippen LogP contribution in [0.15, 0.2) is 34.3 Å². The van der Waals surface area contributed by atoms with Crippen molar-refractivity contribution >= 4 is 12.4 Å². The summed E-state index contributed by atoms with van der Waals surface area (Å²) in [6.07, 6.45) is 7.88. The topological polar surface area (TPSA) is 65.2 Å². The van der Waals surface area contributed by atoms with Crippen LogP contribution in [0, 0.1) is 13.8 Å². The molecule has 0 heterocycles. The summed E-state index contributed by atoms with van der Waals surface area (Å²) in [7, 11) is 0. The van der Waals surface area contributed by atoms with Crippen molar-refractivity contribution in [2.24, 2.45) is 9.98 Å². The summed E-state index contributed by atoms with van der Waals surface area (Å²) in [5.41, 5.74) is 5.37. The first-order valence-corrected chi connectivity index (χ1v) is 12.5. The molecular formula is C30H42ClCrN2O2-. The quantitative estimate of drug-likeness (QED) is 0.563. The summed E-state index contributed by atoms with van der Waals surface area (Å²) in [6, 6.07) is 8.23. The maximum absolute atomic E-state index is 10.9. The second-order valence-electron chi connectivity index (χ2n) is 12.0. The average molecular weight is 550 g/mol. The number of benzene rings is 2. The molecule has 2 aromatic carbocycles. The minimum absolute atomic E-state index is 0. The van der Waals surface area contributed by atoms with Crippen LogP contribution in [0.3, 0.4) is 0 Å². The van der Waals surface area contributed by atoms with Gasteiger partial charge in [-0.25, -0.2) is 0 Å². The smallest absolute Gasteiger partial charge is 0.128 e. The van der Waals surface area contributed by atoms with Crippen LogP contribution < -0.4 is 12.4 Å². The van der Waals surface area contributed by atoms with Crippen LogP contribution in [0.25, 0.3) is 0 Å². The van der Waals surface area contributed by atoms with Gasteiger partial charge >= 0.3 is 0 Å². The van der Waals surface area contributed by atoms with Crippen molar-refractivity contribution in [1.82, 2.24) is 0 Å². The molecule has 0 unspecified atom stereocenters. The zero-order valence-electron chi connectivity index (χ0n) is 23.0. The molecule has 2 N–H and O–H groups in total. The van der Waals surface area contributed by atoms with Gasteiger partial charge in [0.25, 0.3) is 0 Å². The van der Waals surface area contributed by atoms with Gasteiger partial charge in [0.05, 0.1) is 12.1 Å². The Bertz CT molecular complexity index is 1010. The second kappa shape index (κ2) is 12.6. The van der Waals surface area contributed by atoms with Crippen molar-refractivity contribution in [3.05, 3.63) is 57.6 Å². The van der Waals surface area contributed by atoms with Crippen LogP contribution in [0.1, 0.15) is 101 Å². The Balaban J connectivity index is 0.00000324. The van der Waals surface area contributed by atoms with Crippen molar-refractivity contribution in [1.29, 1.82) is 0 Å². The number of aliphatic imine (C=N–C) groups is 2. The summed E-state index contributed by atoms with van der Waals surface area (Å²) in [5.74, 6) is 0.634. The van der Waals surface area contributed by atoms with Crippen LogP contribution in [0.5, 0.6) is 11.5 Å². The largest absolute Gasteiger partial charge is 1.00 e. The zero-order chi connectivity index (χ0) is 25.3. The van der Waals surface area contributed by atoms with Gasteiger partial charge in [-0.1, -0.05) is 66.5 Å². The van der Waals surface area contributed by atoms with E-state index in [2.05, 4.69) is 67.5 Å². The van der Waals surface area contributed by atoms with Gasteiger partial charge in [-0.15, -0.1) is 0 Å². The Morgan fingerprint density at radius 2 is 1.03 bits per heavy atom. The summed E-state index contributed by atoms with van der Waals surface area (Å²) in [4.78, 5) is 9.82. The van der Waals surface area contributed by atoms with Crippen LogP contribution in [0.4, 0.5) is 0 Å². The monoisotopic (exact) mass is 549 g/mol. The van der Waals surface area contributed by atoms with E-state index >= 15 is 0 Å². The van der Waals surface area contributed by atoms with Crippen molar-refractivity contribution in [2.75, 3.05) is 0 Å². The van der Waals surface area contributed by atoms with Crippen LogP contribution in [-0.4, -0.2) is 34.7 Å². The van der Waals surface area contributed by atoms with Crippen LogP contribution in [-0.2, 0) is 28.2 Å². The third-order valence-electron chi connectivity index (χ3n) is 6.69. The van der Waals surface area contributed by atoms with Gasteiger partial charge in [-0.05, 0) is 60.8 Å². The fourth-order valence-electron chi connectivity index (χ4n) is 4.75. The average Bonchev–Trinajstić information content (AvgIpc) is 2.73. The molecule has 2 aromatic rings. The third kappa shape index (κ3) is 7.85. The molecule has 0 amide bonds.